The first-order valence-electron chi connectivity index (χ1n) is 5.69. The zero-order chi connectivity index (χ0) is 13.7. The summed E-state index contributed by atoms with van der Waals surface area (Å²) >= 11 is 1.64. The van der Waals surface area contributed by atoms with E-state index in [9.17, 15) is 4.79 Å². The lowest BCUT2D eigenvalue weighted by Crippen LogP contribution is -2.05. The second kappa shape index (κ2) is 6.24. The molecule has 0 amide bonds. The fraction of sp³-hybridized carbons (Fsp3) is 0.143. The quantitative estimate of drug-likeness (QED) is 0.871. The van der Waals surface area contributed by atoms with Gasteiger partial charge in [0.1, 0.15) is 5.75 Å². The Morgan fingerprint density at radius 2 is 2.11 bits per heavy atom. The summed E-state index contributed by atoms with van der Waals surface area (Å²) in [5, 5.41) is 6.31. The number of ether oxygens (including phenoxy) is 1. The Kier molecular flexibility index (Phi) is 4.41. The predicted molar refractivity (Wildman–Crippen MR) is 78.6 cm³/mol. The molecule has 98 valence electrons. The molecule has 0 saturated heterocycles. The molecule has 2 rings (SSSR count). The maximum absolute atomic E-state index is 10.9. The van der Waals surface area contributed by atoms with Crippen LogP contribution in [-0.2, 0) is 0 Å². The molecule has 19 heavy (non-hydrogen) atoms. The van der Waals surface area contributed by atoms with Crippen molar-refractivity contribution >= 4 is 23.9 Å². The molecule has 0 unspecified atom stereocenters. The van der Waals surface area contributed by atoms with E-state index in [-0.39, 0.29) is 5.56 Å². The summed E-state index contributed by atoms with van der Waals surface area (Å²) in [4.78, 5) is 12.0. The Morgan fingerprint density at radius 1 is 1.26 bits per heavy atom. The number of hydrogen-bond acceptors (Lipinski definition) is 4. The van der Waals surface area contributed by atoms with E-state index < -0.39 is 0 Å². The first kappa shape index (κ1) is 13.4. The van der Waals surface area contributed by atoms with Gasteiger partial charge in [0.05, 0.1) is 12.8 Å². The Balaban J connectivity index is 2.23. The second-order valence-electron chi connectivity index (χ2n) is 3.79. The molecular weight excluding hydrogens is 260 g/mol. The number of aromatic nitrogens is 2. The molecule has 1 heterocycles. The minimum Gasteiger partial charge on any atom is -0.496 e. The molecule has 0 bridgehead atoms. The van der Waals surface area contributed by atoms with Crippen LogP contribution in [-0.4, -0.2) is 23.6 Å². The molecule has 0 atom stereocenters. The summed E-state index contributed by atoms with van der Waals surface area (Å²) in [6.45, 7) is 0. The van der Waals surface area contributed by atoms with Crippen LogP contribution in [0.4, 0.5) is 0 Å². The van der Waals surface area contributed by atoms with Gasteiger partial charge in [-0.25, -0.2) is 5.10 Å². The topological polar surface area (TPSA) is 55.0 Å². The molecular formula is C14H14N2O2S. The Bertz CT molecular complexity index is 630. The molecule has 1 N–H and O–H groups in total. The minimum atomic E-state index is -0.203. The lowest BCUT2D eigenvalue weighted by Gasteiger charge is -2.06. The molecule has 0 aliphatic carbocycles. The van der Waals surface area contributed by atoms with Gasteiger partial charge in [0.15, 0.2) is 0 Å². The van der Waals surface area contributed by atoms with Gasteiger partial charge in [-0.15, -0.1) is 11.8 Å². The van der Waals surface area contributed by atoms with Gasteiger partial charge >= 0.3 is 0 Å². The van der Waals surface area contributed by atoms with Crippen molar-refractivity contribution in [2.75, 3.05) is 13.4 Å². The molecule has 5 heteroatoms. The summed E-state index contributed by atoms with van der Waals surface area (Å²) in [5.74, 6) is 0.867. The van der Waals surface area contributed by atoms with Gasteiger partial charge in [0.25, 0.3) is 5.56 Å². The third-order valence-corrected chi connectivity index (χ3v) is 3.31. The third-order valence-electron chi connectivity index (χ3n) is 2.55. The van der Waals surface area contributed by atoms with Crippen LogP contribution in [0.25, 0.3) is 12.2 Å². The molecule has 0 saturated carbocycles. The highest BCUT2D eigenvalue weighted by Crippen LogP contribution is 2.28. The highest BCUT2D eigenvalue weighted by Gasteiger charge is 2.01. The normalized spacial score (nSPS) is 10.8. The van der Waals surface area contributed by atoms with E-state index in [0.29, 0.717) is 5.69 Å². The SMILES string of the molecule is COc1ccc(C=Cc2ccc(=O)[nH]n2)cc1SC. The van der Waals surface area contributed by atoms with Crippen molar-refractivity contribution in [3.8, 4) is 5.75 Å². The van der Waals surface area contributed by atoms with Crippen LogP contribution in [0.5, 0.6) is 5.75 Å². The average molecular weight is 274 g/mol. The number of benzene rings is 1. The van der Waals surface area contributed by atoms with Crippen molar-refractivity contribution in [3.05, 3.63) is 51.9 Å². The number of H-pyrrole nitrogens is 1. The lowest BCUT2D eigenvalue weighted by atomic mass is 10.2. The van der Waals surface area contributed by atoms with Crippen LogP contribution >= 0.6 is 11.8 Å². The Hall–Kier alpha value is -2.01. The zero-order valence-corrected chi connectivity index (χ0v) is 11.5. The summed E-state index contributed by atoms with van der Waals surface area (Å²) in [7, 11) is 1.66. The number of nitrogens with zero attached hydrogens (tertiary/aromatic N) is 1. The minimum absolute atomic E-state index is 0.203. The van der Waals surface area contributed by atoms with Gasteiger partial charge < -0.3 is 4.74 Å². The van der Waals surface area contributed by atoms with Crippen LogP contribution in [0.15, 0.2) is 40.0 Å². The van der Waals surface area contributed by atoms with E-state index in [4.69, 9.17) is 4.74 Å². The third kappa shape index (κ3) is 3.48. The largest absolute Gasteiger partial charge is 0.496 e. The van der Waals surface area contributed by atoms with Gasteiger partial charge in [-0.2, -0.15) is 5.10 Å². The van der Waals surface area contributed by atoms with Crippen molar-refractivity contribution in [1.29, 1.82) is 0 Å². The summed E-state index contributed by atoms with van der Waals surface area (Å²) < 4.78 is 5.27. The molecule has 2 aromatic rings. The van der Waals surface area contributed by atoms with Crippen LogP contribution in [0, 0.1) is 0 Å². The first-order valence-corrected chi connectivity index (χ1v) is 6.91. The maximum Gasteiger partial charge on any atom is 0.264 e. The number of hydrogen-bond donors (Lipinski definition) is 1. The van der Waals surface area contributed by atoms with Crippen molar-refractivity contribution in [3.63, 3.8) is 0 Å². The highest BCUT2D eigenvalue weighted by molar-refractivity contribution is 7.98. The highest BCUT2D eigenvalue weighted by atomic mass is 32.2. The van der Waals surface area contributed by atoms with E-state index >= 15 is 0 Å². The van der Waals surface area contributed by atoms with Crippen molar-refractivity contribution < 1.29 is 4.74 Å². The number of thioether (sulfide) groups is 1. The van der Waals surface area contributed by atoms with Crippen molar-refractivity contribution in [2.24, 2.45) is 0 Å². The van der Waals surface area contributed by atoms with Crippen LogP contribution in [0.1, 0.15) is 11.3 Å². The molecule has 1 aromatic carbocycles. The summed E-state index contributed by atoms with van der Waals surface area (Å²) in [6.07, 6.45) is 5.80. The molecule has 0 radical (unpaired) electrons. The van der Waals surface area contributed by atoms with Crippen molar-refractivity contribution in [2.45, 2.75) is 4.90 Å². The Morgan fingerprint density at radius 3 is 2.74 bits per heavy atom. The monoisotopic (exact) mass is 274 g/mol. The van der Waals surface area contributed by atoms with E-state index in [0.717, 1.165) is 16.2 Å². The summed E-state index contributed by atoms with van der Waals surface area (Å²) in [6, 6.07) is 9.08. The van der Waals surface area contributed by atoms with Crippen molar-refractivity contribution in [1.82, 2.24) is 10.2 Å². The molecule has 0 fully saturated rings. The standard InChI is InChI=1S/C14H14N2O2S/c1-18-12-7-4-10(9-13(12)19-2)3-5-11-6-8-14(17)16-15-11/h3-9H,1-2H3,(H,16,17). The predicted octanol–water partition coefficient (Wildman–Crippen LogP) is 2.67. The lowest BCUT2D eigenvalue weighted by molar-refractivity contribution is 0.405. The first-order chi connectivity index (χ1) is 9.22. The van der Waals surface area contributed by atoms with Crippen LogP contribution in [0.3, 0.4) is 0 Å². The van der Waals surface area contributed by atoms with Crippen LogP contribution in [0.2, 0.25) is 0 Å². The molecule has 4 nitrogen and oxygen atoms in total. The van der Waals surface area contributed by atoms with E-state index in [1.165, 1.54) is 6.07 Å². The fourth-order valence-electron chi connectivity index (χ4n) is 1.59. The van der Waals surface area contributed by atoms with Gasteiger partial charge in [-0.3, -0.25) is 4.79 Å². The average Bonchev–Trinajstić information content (AvgIpc) is 2.46. The second-order valence-corrected chi connectivity index (χ2v) is 4.64. The maximum atomic E-state index is 10.9. The van der Waals surface area contributed by atoms with E-state index in [2.05, 4.69) is 10.2 Å². The molecule has 0 aliphatic heterocycles. The molecule has 0 spiro atoms. The fourth-order valence-corrected chi connectivity index (χ4v) is 2.19. The van der Waals surface area contributed by atoms with E-state index in [1.54, 1.807) is 24.9 Å². The number of aromatic amines is 1. The van der Waals surface area contributed by atoms with Gasteiger partial charge in [0, 0.05) is 11.0 Å². The van der Waals surface area contributed by atoms with Gasteiger partial charge in [-0.05, 0) is 36.1 Å². The van der Waals surface area contributed by atoms with Crippen LogP contribution < -0.4 is 10.3 Å². The zero-order valence-electron chi connectivity index (χ0n) is 10.7. The number of methoxy groups -OCH3 is 1. The van der Waals surface area contributed by atoms with Gasteiger partial charge in [0.2, 0.25) is 0 Å². The number of rotatable bonds is 4. The Labute approximate surface area is 115 Å². The smallest absolute Gasteiger partial charge is 0.264 e. The summed E-state index contributed by atoms with van der Waals surface area (Å²) in [5.41, 5.74) is 1.56. The molecule has 1 aromatic heterocycles. The molecule has 0 aliphatic rings. The van der Waals surface area contributed by atoms with E-state index in [1.807, 2.05) is 36.6 Å². The number of nitrogens with one attached hydrogen (secondary N) is 1. The van der Waals surface area contributed by atoms with Gasteiger partial charge in [-0.1, -0.05) is 12.1 Å².